The first-order chi connectivity index (χ1) is 11.5. The lowest BCUT2D eigenvalue weighted by atomic mass is 9.92. The van der Waals surface area contributed by atoms with Gasteiger partial charge in [-0.2, -0.15) is 0 Å². The van der Waals surface area contributed by atoms with Crippen LogP contribution in [-0.4, -0.2) is 37.0 Å². The normalized spacial score (nSPS) is 27.4. The minimum atomic E-state index is -0.522. The lowest BCUT2D eigenvalue weighted by Crippen LogP contribution is -2.47. The van der Waals surface area contributed by atoms with Crippen LogP contribution in [0.2, 0.25) is 5.02 Å². The summed E-state index contributed by atoms with van der Waals surface area (Å²) in [5.41, 5.74) is 0.554. The van der Waals surface area contributed by atoms with E-state index in [1.54, 1.807) is 4.90 Å². The summed E-state index contributed by atoms with van der Waals surface area (Å²) in [5, 5.41) is 6.17. The van der Waals surface area contributed by atoms with Gasteiger partial charge in [0.1, 0.15) is 11.9 Å². The van der Waals surface area contributed by atoms with Crippen molar-refractivity contribution in [3.63, 3.8) is 0 Å². The van der Waals surface area contributed by atoms with Crippen molar-refractivity contribution < 1.29 is 14.0 Å². The number of hydrogen-bond acceptors (Lipinski definition) is 3. The fourth-order valence-corrected chi connectivity index (χ4v) is 3.56. The highest BCUT2D eigenvalue weighted by atomic mass is 35.5. The van der Waals surface area contributed by atoms with E-state index < -0.39 is 11.9 Å². The van der Waals surface area contributed by atoms with Gasteiger partial charge < -0.3 is 15.5 Å². The third-order valence-electron chi connectivity index (χ3n) is 4.73. The quantitative estimate of drug-likeness (QED) is 0.874. The van der Waals surface area contributed by atoms with E-state index in [1.165, 1.54) is 18.2 Å². The number of carbonyl (C=O) groups excluding carboxylic acids is 2. The maximum absolute atomic E-state index is 13.3. The van der Waals surface area contributed by atoms with Gasteiger partial charge in [0.25, 0.3) is 0 Å². The molecule has 130 valence electrons. The van der Waals surface area contributed by atoms with Gasteiger partial charge in [-0.15, -0.1) is 0 Å². The molecule has 5 nitrogen and oxygen atoms in total. The van der Waals surface area contributed by atoms with Crippen molar-refractivity contribution in [1.82, 2.24) is 10.6 Å². The molecule has 0 aromatic heterocycles. The third-order valence-corrected chi connectivity index (χ3v) is 5.02. The molecule has 0 spiro atoms. The first-order valence-corrected chi connectivity index (χ1v) is 8.63. The molecule has 24 heavy (non-hydrogen) atoms. The van der Waals surface area contributed by atoms with Crippen molar-refractivity contribution in [2.75, 3.05) is 18.0 Å². The van der Waals surface area contributed by atoms with Crippen molar-refractivity contribution >= 4 is 29.1 Å². The molecule has 0 aliphatic carbocycles. The highest BCUT2D eigenvalue weighted by Crippen LogP contribution is 2.27. The predicted molar refractivity (Wildman–Crippen MR) is 90.5 cm³/mol. The summed E-state index contributed by atoms with van der Waals surface area (Å²) in [4.78, 5) is 26.5. The molecule has 2 N–H and O–H groups in total. The van der Waals surface area contributed by atoms with E-state index in [0.717, 1.165) is 19.4 Å². The van der Waals surface area contributed by atoms with E-state index in [1.807, 2.05) is 0 Å². The van der Waals surface area contributed by atoms with Crippen LogP contribution in [0.25, 0.3) is 0 Å². The fraction of sp³-hybridized carbons (Fsp3) is 0.529. The Bertz CT molecular complexity index is 655. The number of carbonyl (C=O) groups is 2. The first kappa shape index (κ1) is 17.2. The molecule has 0 bridgehead atoms. The maximum atomic E-state index is 13.3. The Kier molecular flexibility index (Phi) is 5.06. The maximum Gasteiger partial charge on any atom is 0.249 e. The Morgan fingerprint density at radius 2 is 2.21 bits per heavy atom. The second-order valence-electron chi connectivity index (χ2n) is 6.51. The number of piperidine rings is 1. The number of nitrogens with one attached hydrogen (secondary N) is 2. The molecule has 2 amide bonds. The Balaban J connectivity index is 1.63. The van der Waals surface area contributed by atoms with E-state index in [4.69, 9.17) is 11.6 Å². The molecule has 3 atom stereocenters. The molecule has 0 saturated carbocycles. The van der Waals surface area contributed by atoms with Crippen molar-refractivity contribution in [3.05, 3.63) is 29.0 Å². The summed E-state index contributed by atoms with van der Waals surface area (Å²) in [5.74, 6) is -0.797. The Labute approximate surface area is 145 Å². The van der Waals surface area contributed by atoms with Crippen LogP contribution < -0.4 is 15.5 Å². The number of amides is 2. The monoisotopic (exact) mass is 353 g/mol. The highest BCUT2D eigenvalue weighted by molar-refractivity contribution is 6.31. The summed E-state index contributed by atoms with van der Waals surface area (Å²) in [7, 11) is 0. The minimum absolute atomic E-state index is 0.0171. The number of benzene rings is 1. The second-order valence-corrected chi connectivity index (χ2v) is 6.92. The molecular weight excluding hydrogens is 333 g/mol. The van der Waals surface area contributed by atoms with Crippen LogP contribution in [0.15, 0.2) is 18.2 Å². The topological polar surface area (TPSA) is 61.4 Å². The van der Waals surface area contributed by atoms with Crippen molar-refractivity contribution in [2.24, 2.45) is 5.92 Å². The van der Waals surface area contributed by atoms with E-state index in [-0.39, 0.29) is 22.8 Å². The van der Waals surface area contributed by atoms with Gasteiger partial charge >= 0.3 is 0 Å². The SMILES string of the molecule is C[C@H]1C[C@@H](C(=O)NC2CCN(c3ccc(F)c(Cl)c3)C2=O)CCN1. The second kappa shape index (κ2) is 7.07. The number of halogens is 2. The Morgan fingerprint density at radius 1 is 1.42 bits per heavy atom. The molecule has 0 radical (unpaired) electrons. The van der Waals surface area contributed by atoms with Gasteiger partial charge in [-0.1, -0.05) is 11.6 Å². The molecule has 2 heterocycles. The Morgan fingerprint density at radius 3 is 2.92 bits per heavy atom. The van der Waals surface area contributed by atoms with Crippen LogP contribution >= 0.6 is 11.6 Å². The van der Waals surface area contributed by atoms with Crippen LogP contribution in [0.5, 0.6) is 0 Å². The molecule has 7 heteroatoms. The lowest BCUT2D eigenvalue weighted by Gasteiger charge is -2.28. The average Bonchev–Trinajstić information content (AvgIpc) is 2.91. The summed E-state index contributed by atoms with van der Waals surface area (Å²) >= 11 is 5.79. The zero-order valence-corrected chi connectivity index (χ0v) is 14.3. The van der Waals surface area contributed by atoms with Crippen LogP contribution in [-0.2, 0) is 9.59 Å². The van der Waals surface area contributed by atoms with Crippen molar-refractivity contribution in [2.45, 2.75) is 38.3 Å². The van der Waals surface area contributed by atoms with E-state index >= 15 is 0 Å². The van der Waals surface area contributed by atoms with E-state index in [2.05, 4.69) is 17.6 Å². The van der Waals surface area contributed by atoms with Crippen molar-refractivity contribution in [3.8, 4) is 0 Å². The van der Waals surface area contributed by atoms with E-state index in [9.17, 15) is 14.0 Å². The van der Waals surface area contributed by atoms with Gasteiger partial charge in [0.15, 0.2) is 0 Å². The van der Waals surface area contributed by atoms with Gasteiger partial charge in [-0.3, -0.25) is 9.59 Å². The molecule has 1 aromatic rings. The molecular formula is C17H21ClFN3O2. The largest absolute Gasteiger partial charge is 0.344 e. The molecule has 3 rings (SSSR count). The summed E-state index contributed by atoms with van der Waals surface area (Å²) in [6.07, 6.45) is 2.11. The predicted octanol–water partition coefficient (Wildman–Crippen LogP) is 2.09. The zero-order valence-electron chi connectivity index (χ0n) is 13.5. The highest BCUT2D eigenvalue weighted by Gasteiger charge is 2.35. The molecule has 1 aromatic carbocycles. The van der Waals surface area contributed by atoms with Gasteiger partial charge in [0.2, 0.25) is 11.8 Å². The summed E-state index contributed by atoms with van der Waals surface area (Å²) < 4.78 is 13.3. The molecule has 2 aliphatic heterocycles. The number of anilines is 1. The van der Waals surface area contributed by atoms with Gasteiger partial charge in [-0.05, 0) is 50.9 Å². The third kappa shape index (κ3) is 3.54. The van der Waals surface area contributed by atoms with Crippen LogP contribution in [0, 0.1) is 11.7 Å². The first-order valence-electron chi connectivity index (χ1n) is 8.26. The lowest BCUT2D eigenvalue weighted by molar-refractivity contribution is -0.130. The minimum Gasteiger partial charge on any atom is -0.344 e. The zero-order chi connectivity index (χ0) is 17.3. The van der Waals surface area contributed by atoms with Gasteiger partial charge in [-0.25, -0.2) is 4.39 Å². The molecule has 2 fully saturated rings. The standard InChI is InChI=1S/C17H21ClFN3O2/c1-10-8-11(4-6-20-10)16(23)21-15-5-7-22(17(15)24)12-2-3-14(19)13(18)9-12/h2-3,9-11,15,20H,4-8H2,1H3,(H,21,23)/t10-,11-,15?/m0/s1. The summed E-state index contributed by atoms with van der Waals surface area (Å²) in [6.45, 7) is 3.35. The van der Waals surface area contributed by atoms with Crippen molar-refractivity contribution in [1.29, 1.82) is 0 Å². The molecule has 2 saturated heterocycles. The Hall–Kier alpha value is -1.66. The smallest absolute Gasteiger partial charge is 0.249 e. The molecule has 1 unspecified atom stereocenters. The van der Waals surface area contributed by atoms with Crippen LogP contribution in [0.3, 0.4) is 0 Å². The average molecular weight is 354 g/mol. The summed E-state index contributed by atoms with van der Waals surface area (Å²) in [6, 6.07) is 4.00. The number of hydrogen-bond donors (Lipinski definition) is 2. The van der Waals surface area contributed by atoms with Crippen LogP contribution in [0.4, 0.5) is 10.1 Å². The van der Waals surface area contributed by atoms with E-state index in [0.29, 0.717) is 24.7 Å². The molecule has 2 aliphatic rings. The fourth-order valence-electron chi connectivity index (χ4n) is 3.38. The number of rotatable bonds is 3. The van der Waals surface area contributed by atoms with Gasteiger partial charge in [0, 0.05) is 24.2 Å². The van der Waals surface area contributed by atoms with Crippen LogP contribution in [0.1, 0.15) is 26.2 Å². The van der Waals surface area contributed by atoms with Gasteiger partial charge in [0.05, 0.1) is 5.02 Å². The number of nitrogens with zero attached hydrogens (tertiary/aromatic N) is 1.